The Morgan fingerprint density at radius 3 is 2.78 bits per heavy atom. The summed E-state index contributed by atoms with van der Waals surface area (Å²) in [5.74, 6) is 0.609. The summed E-state index contributed by atoms with van der Waals surface area (Å²) in [4.78, 5) is 14.5. The fourth-order valence-corrected chi connectivity index (χ4v) is 2.04. The lowest BCUT2D eigenvalue weighted by atomic mass is 10.0. The number of hydrogen-bond acceptors (Lipinski definition) is 5. The Balaban J connectivity index is 2.79. The van der Waals surface area contributed by atoms with E-state index in [-0.39, 0.29) is 17.9 Å². The molecule has 1 heterocycles. The molecule has 0 spiro atoms. The number of nitrogens with zero attached hydrogens (tertiary/aromatic N) is 3. The van der Waals surface area contributed by atoms with Gasteiger partial charge in [-0.05, 0) is 31.2 Å². The summed E-state index contributed by atoms with van der Waals surface area (Å²) in [6.45, 7) is 4.27. The zero-order valence-corrected chi connectivity index (χ0v) is 10.9. The van der Waals surface area contributed by atoms with Crippen molar-refractivity contribution in [2.75, 3.05) is 6.54 Å². The van der Waals surface area contributed by atoms with Gasteiger partial charge < -0.3 is 21.6 Å². The van der Waals surface area contributed by atoms with Crippen molar-refractivity contribution in [1.29, 1.82) is 0 Å². The van der Waals surface area contributed by atoms with Crippen LogP contribution in [0.15, 0.2) is 6.20 Å². The van der Waals surface area contributed by atoms with Gasteiger partial charge in [0.05, 0.1) is 0 Å². The molecule has 0 aromatic carbocycles. The van der Waals surface area contributed by atoms with Crippen LogP contribution in [0.25, 0.3) is 0 Å². The van der Waals surface area contributed by atoms with Gasteiger partial charge >= 0.3 is 5.82 Å². The van der Waals surface area contributed by atoms with Crippen molar-refractivity contribution < 1.29 is 4.92 Å². The molecule has 0 bridgehead atoms. The predicted molar refractivity (Wildman–Crippen MR) is 69.2 cm³/mol. The van der Waals surface area contributed by atoms with Crippen molar-refractivity contribution >= 4 is 5.82 Å². The van der Waals surface area contributed by atoms with Crippen molar-refractivity contribution in [1.82, 2.24) is 9.55 Å². The standard InChI is InChI=1S/C11H21N5O2/c1-8(10(13)5-3-4-6-12)15-9(2)14-7-11(15)16(17)18/h7-8,10H,3-6,12-13H2,1-2H3. The van der Waals surface area contributed by atoms with E-state index in [0.29, 0.717) is 12.4 Å². The minimum atomic E-state index is -0.427. The first-order chi connectivity index (χ1) is 8.49. The lowest BCUT2D eigenvalue weighted by molar-refractivity contribution is -0.392. The van der Waals surface area contributed by atoms with E-state index in [1.807, 2.05) is 6.92 Å². The maximum Gasteiger partial charge on any atom is 0.343 e. The first kappa shape index (κ1) is 14.6. The molecule has 0 radical (unpaired) electrons. The van der Waals surface area contributed by atoms with E-state index in [9.17, 15) is 10.1 Å². The maximum absolute atomic E-state index is 10.9. The van der Waals surface area contributed by atoms with Gasteiger partial charge in [-0.15, -0.1) is 0 Å². The van der Waals surface area contributed by atoms with Crippen molar-refractivity contribution in [2.45, 2.75) is 45.2 Å². The molecule has 2 unspecified atom stereocenters. The monoisotopic (exact) mass is 255 g/mol. The molecule has 7 heteroatoms. The molecule has 18 heavy (non-hydrogen) atoms. The number of aryl methyl sites for hydroxylation is 1. The fourth-order valence-electron chi connectivity index (χ4n) is 2.04. The highest BCUT2D eigenvalue weighted by atomic mass is 16.6. The highest BCUT2D eigenvalue weighted by molar-refractivity contribution is 5.20. The molecular formula is C11H21N5O2. The summed E-state index contributed by atoms with van der Waals surface area (Å²) in [6, 6.07) is -0.283. The smallest absolute Gasteiger partial charge is 0.343 e. The highest BCUT2D eigenvalue weighted by Gasteiger charge is 2.26. The number of unbranched alkanes of at least 4 members (excludes halogenated alkanes) is 1. The summed E-state index contributed by atoms with van der Waals surface area (Å²) in [7, 11) is 0. The second-order valence-corrected chi connectivity index (χ2v) is 4.48. The molecular weight excluding hydrogens is 234 g/mol. The topological polar surface area (TPSA) is 113 Å². The average Bonchev–Trinajstić information content (AvgIpc) is 2.70. The Hall–Kier alpha value is -1.47. The Morgan fingerprint density at radius 1 is 1.56 bits per heavy atom. The van der Waals surface area contributed by atoms with Crippen molar-refractivity contribution in [2.24, 2.45) is 11.5 Å². The number of aromatic nitrogens is 2. The molecule has 102 valence electrons. The van der Waals surface area contributed by atoms with E-state index in [1.54, 1.807) is 11.5 Å². The Morgan fingerprint density at radius 2 is 2.22 bits per heavy atom. The average molecular weight is 255 g/mol. The summed E-state index contributed by atoms with van der Waals surface area (Å²) < 4.78 is 1.59. The minimum absolute atomic E-state index is 0.00530. The number of nitrogens with two attached hydrogens (primary N) is 2. The molecule has 0 aliphatic carbocycles. The Kier molecular flexibility index (Phi) is 5.24. The van der Waals surface area contributed by atoms with Crippen molar-refractivity contribution in [3.05, 3.63) is 22.1 Å². The van der Waals surface area contributed by atoms with Gasteiger partial charge in [-0.1, -0.05) is 6.42 Å². The zero-order valence-electron chi connectivity index (χ0n) is 10.9. The summed E-state index contributed by atoms with van der Waals surface area (Å²) in [6.07, 6.45) is 3.93. The molecule has 0 aliphatic heterocycles. The minimum Gasteiger partial charge on any atom is -0.358 e. The second-order valence-electron chi connectivity index (χ2n) is 4.48. The first-order valence-electron chi connectivity index (χ1n) is 6.13. The van der Waals surface area contributed by atoms with Gasteiger partial charge in [-0.2, -0.15) is 0 Å². The maximum atomic E-state index is 10.9. The van der Waals surface area contributed by atoms with E-state index >= 15 is 0 Å². The van der Waals surface area contributed by atoms with Gasteiger partial charge in [0, 0.05) is 13.0 Å². The summed E-state index contributed by atoms with van der Waals surface area (Å²) in [5.41, 5.74) is 11.5. The highest BCUT2D eigenvalue weighted by Crippen LogP contribution is 2.23. The van der Waals surface area contributed by atoms with Crippen molar-refractivity contribution in [3.8, 4) is 0 Å². The van der Waals surface area contributed by atoms with Gasteiger partial charge in [0.2, 0.25) is 0 Å². The third-order valence-electron chi connectivity index (χ3n) is 3.17. The van der Waals surface area contributed by atoms with E-state index in [1.165, 1.54) is 6.20 Å². The number of rotatable bonds is 7. The second kappa shape index (κ2) is 6.46. The van der Waals surface area contributed by atoms with E-state index in [4.69, 9.17) is 11.5 Å². The van der Waals surface area contributed by atoms with Crippen LogP contribution in [0.3, 0.4) is 0 Å². The van der Waals surface area contributed by atoms with Crippen LogP contribution in [-0.4, -0.2) is 27.1 Å². The van der Waals surface area contributed by atoms with Crippen LogP contribution in [0.1, 0.15) is 38.1 Å². The van der Waals surface area contributed by atoms with Crippen molar-refractivity contribution in [3.63, 3.8) is 0 Å². The molecule has 4 N–H and O–H groups in total. The summed E-state index contributed by atoms with van der Waals surface area (Å²) in [5, 5.41) is 10.9. The molecule has 0 fully saturated rings. The van der Waals surface area contributed by atoms with E-state index in [0.717, 1.165) is 19.3 Å². The normalized spacial score (nSPS) is 14.4. The number of nitro groups is 1. The lowest BCUT2D eigenvalue weighted by Gasteiger charge is -2.19. The molecule has 0 saturated heterocycles. The van der Waals surface area contributed by atoms with Crippen LogP contribution in [-0.2, 0) is 0 Å². The van der Waals surface area contributed by atoms with Gasteiger partial charge in [-0.25, -0.2) is 9.55 Å². The molecule has 0 aliphatic rings. The third-order valence-corrected chi connectivity index (χ3v) is 3.17. The molecule has 0 saturated carbocycles. The largest absolute Gasteiger partial charge is 0.358 e. The molecule has 0 amide bonds. The fraction of sp³-hybridized carbons (Fsp3) is 0.727. The quantitative estimate of drug-likeness (QED) is 0.430. The van der Waals surface area contributed by atoms with Crippen LogP contribution in [0.2, 0.25) is 0 Å². The van der Waals surface area contributed by atoms with Gasteiger partial charge in [-0.3, -0.25) is 0 Å². The third kappa shape index (κ3) is 3.27. The van der Waals surface area contributed by atoms with Crippen LogP contribution >= 0.6 is 0 Å². The van der Waals surface area contributed by atoms with Gasteiger partial charge in [0.25, 0.3) is 0 Å². The van der Waals surface area contributed by atoms with Crippen LogP contribution < -0.4 is 11.5 Å². The SMILES string of the molecule is Cc1ncc([N+](=O)[O-])n1C(C)C(N)CCCCN. The van der Waals surface area contributed by atoms with Crippen LogP contribution in [0.5, 0.6) is 0 Å². The molecule has 2 atom stereocenters. The Labute approximate surface area is 106 Å². The first-order valence-corrected chi connectivity index (χ1v) is 6.13. The molecule has 7 nitrogen and oxygen atoms in total. The molecule has 1 aromatic rings. The Bertz CT molecular complexity index is 404. The zero-order chi connectivity index (χ0) is 13.7. The van der Waals surface area contributed by atoms with Crippen LogP contribution in [0, 0.1) is 17.0 Å². The molecule has 1 rings (SSSR count). The summed E-state index contributed by atoms with van der Waals surface area (Å²) >= 11 is 0. The number of hydrogen-bond donors (Lipinski definition) is 2. The molecule has 1 aromatic heterocycles. The van der Waals surface area contributed by atoms with Crippen LogP contribution in [0.4, 0.5) is 5.82 Å². The van der Waals surface area contributed by atoms with Gasteiger partial charge in [0.1, 0.15) is 12.2 Å². The predicted octanol–water partition coefficient (Wildman–Crippen LogP) is 1.12. The number of imidazole rings is 1. The van der Waals surface area contributed by atoms with E-state index in [2.05, 4.69) is 4.98 Å². The lowest BCUT2D eigenvalue weighted by Crippen LogP contribution is -2.31. The van der Waals surface area contributed by atoms with Gasteiger partial charge in [0.15, 0.2) is 5.82 Å². The van der Waals surface area contributed by atoms with E-state index < -0.39 is 4.92 Å².